The van der Waals surface area contributed by atoms with Crippen LogP contribution in [0.5, 0.6) is 0 Å². The monoisotopic (exact) mass is 411 g/mol. The van der Waals surface area contributed by atoms with Crippen LogP contribution in [0.2, 0.25) is 0 Å². The molecule has 3 heterocycles. The van der Waals surface area contributed by atoms with E-state index in [0.29, 0.717) is 12.8 Å². The lowest BCUT2D eigenvalue weighted by atomic mass is 9.71. The lowest BCUT2D eigenvalue weighted by Gasteiger charge is -2.31. The summed E-state index contributed by atoms with van der Waals surface area (Å²) >= 11 is 0. The van der Waals surface area contributed by atoms with E-state index < -0.39 is 18.2 Å². The second kappa shape index (κ2) is 6.32. The first-order chi connectivity index (χ1) is 13.5. The van der Waals surface area contributed by atoms with Crippen molar-refractivity contribution in [3.05, 3.63) is 18.6 Å². The number of nitrogens with one attached hydrogen (secondary N) is 1. The maximum atomic E-state index is 12.8. The molecule has 1 aliphatic carbocycles. The summed E-state index contributed by atoms with van der Waals surface area (Å²) in [7, 11) is 1.96. The minimum atomic E-state index is -4.95. The van der Waals surface area contributed by atoms with Crippen LogP contribution in [0.25, 0.3) is 11.0 Å². The molecule has 0 radical (unpaired) electrons. The van der Waals surface area contributed by atoms with E-state index in [4.69, 9.17) is 0 Å². The van der Waals surface area contributed by atoms with Gasteiger partial charge >= 0.3 is 6.18 Å². The molecular weight excluding hydrogens is 387 g/mol. The molecule has 1 saturated carbocycles. The van der Waals surface area contributed by atoms with Crippen LogP contribution in [0.4, 0.5) is 19.0 Å². The second-order valence-corrected chi connectivity index (χ2v) is 8.87. The van der Waals surface area contributed by atoms with Gasteiger partial charge in [0.05, 0.1) is 5.39 Å². The Hall–Kier alpha value is -2.36. The molecule has 0 bridgehead atoms. The fraction of sp³-hybridized carbons (Fsp3) is 0.632. The molecule has 2 aromatic heterocycles. The highest BCUT2D eigenvalue weighted by Gasteiger charge is 2.61. The van der Waals surface area contributed by atoms with Crippen LogP contribution in [0.15, 0.2) is 18.6 Å². The Morgan fingerprint density at radius 1 is 1.31 bits per heavy atom. The van der Waals surface area contributed by atoms with E-state index in [9.17, 15) is 23.1 Å². The summed E-state index contributed by atoms with van der Waals surface area (Å²) in [4.78, 5) is 27.2. The molecule has 2 N–H and O–H groups in total. The largest absolute Gasteiger partial charge is 0.423 e. The van der Waals surface area contributed by atoms with Gasteiger partial charge in [0, 0.05) is 32.4 Å². The van der Waals surface area contributed by atoms with E-state index in [1.807, 2.05) is 27.0 Å². The molecule has 2 aliphatic rings. The van der Waals surface area contributed by atoms with Crippen molar-refractivity contribution in [2.24, 2.45) is 10.8 Å². The van der Waals surface area contributed by atoms with Crippen molar-refractivity contribution < 1.29 is 23.1 Å². The number of aromatic nitrogens is 3. The van der Waals surface area contributed by atoms with Gasteiger partial charge in [-0.05, 0) is 29.7 Å². The molecule has 0 aromatic carbocycles. The van der Waals surface area contributed by atoms with Crippen molar-refractivity contribution in [2.45, 2.75) is 45.0 Å². The van der Waals surface area contributed by atoms with Gasteiger partial charge in [-0.25, -0.2) is 9.97 Å². The molecule has 2 aromatic rings. The van der Waals surface area contributed by atoms with Crippen molar-refractivity contribution in [2.75, 3.05) is 25.0 Å². The predicted octanol–water partition coefficient (Wildman–Crippen LogP) is 2.33. The summed E-state index contributed by atoms with van der Waals surface area (Å²) in [5.74, 6) is -0.460. The average Bonchev–Trinajstić information content (AvgIpc) is 3.27. The number of aromatic amines is 1. The number of carbonyl (C=O) groups excluding carboxylic acids is 1. The second-order valence-electron chi connectivity index (χ2n) is 8.87. The third-order valence-corrected chi connectivity index (χ3v) is 6.98. The van der Waals surface area contributed by atoms with E-state index in [2.05, 4.69) is 19.9 Å². The first kappa shape index (κ1) is 19.9. The van der Waals surface area contributed by atoms with Crippen LogP contribution >= 0.6 is 0 Å². The number of fused-ring (bicyclic) bond motifs is 2. The third kappa shape index (κ3) is 3.04. The van der Waals surface area contributed by atoms with Crippen molar-refractivity contribution in [1.82, 2.24) is 19.9 Å². The van der Waals surface area contributed by atoms with Gasteiger partial charge in [-0.15, -0.1) is 0 Å². The number of hydrogen-bond donors (Lipinski definition) is 2. The summed E-state index contributed by atoms with van der Waals surface area (Å²) in [6.45, 7) is 4.42. The van der Waals surface area contributed by atoms with Gasteiger partial charge in [0.25, 0.3) is 5.91 Å². The van der Waals surface area contributed by atoms with E-state index in [1.54, 1.807) is 6.20 Å². The number of halogens is 3. The summed E-state index contributed by atoms with van der Waals surface area (Å²) < 4.78 is 38.3. The molecule has 158 valence electrons. The first-order valence-corrected chi connectivity index (χ1v) is 9.50. The number of aliphatic hydroxyl groups is 1. The highest BCUT2D eigenvalue weighted by Crippen LogP contribution is 2.58. The molecular formula is C19H24F3N5O2. The van der Waals surface area contributed by atoms with Gasteiger partial charge in [-0.1, -0.05) is 13.8 Å². The molecule has 29 heavy (non-hydrogen) atoms. The first-order valence-electron chi connectivity index (χ1n) is 9.50. The molecule has 1 unspecified atom stereocenters. The Morgan fingerprint density at radius 3 is 2.52 bits per heavy atom. The number of anilines is 1. The van der Waals surface area contributed by atoms with Gasteiger partial charge in [-0.2, -0.15) is 13.2 Å². The third-order valence-electron chi connectivity index (χ3n) is 6.98. The molecule has 1 aliphatic heterocycles. The lowest BCUT2D eigenvalue weighted by Crippen LogP contribution is -2.47. The lowest BCUT2D eigenvalue weighted by molar-refractivity contribution is -0.210. The number of aliphatic hydroxyl groups excluding tert-OH is 1. The van der Waals surface area contributed by atoms with Crippen molar-refractivity contribution >= 4 is 22.8 Å². The van der Waals surface area contributed by atoms with Crippen molar-refractivity contribution in [1.29, 1.82) is 0 Å². The molecule has 1 saturated heterocycles. The highest BCUT2D eigenvalue weighted by molar-refractivity contribution is 5.87. The van der Waals surface area contributed by atoms with E-state index >= 15 is 0 Å². The Morgan fingerprint density at radius 2 is 1.93 bits per heavy atom. The van der Waals surface area contributed by atoms with Crippen LogP contribution in [-0.4, -0.2) is 69.3 Å². The van der Waals surface area contributed by atoms with Crippen LogP contribution in [0.3, 0.4) is 0 Å². The SMILES string of the molecule is CN(c1ncnc2[nH]ccc12)C1C[C@@]2(C)CN(C(=O)[C@H](O)C(F)(F)F)C[C@@]2(C)C1. The number of likely N-dealkylation sites (tertiary alicyclic amines) is 1. The molecule has 2 fully saturated rings. The predicted molar refractivity (Wildman–Crippen MR) is 100 cm³/mol. The molecule has 7 nitrogen and oxygen atoms in total. The number of H-pyrrole nitrogens is 1. The smallest absolute Gasteiger partial charge is 0.376 e. The van der Waals surface area contributed by atoms with E-state index in [1.165, 1.54) is 11.2 Å². The van der Waals surface area contributed by atoms with Gasteiger partial charge in [-0.3, -0.25) is 4.79 Å². The number of carbonyl (C=O) groups is 1. The minimum absolute atomic E-state index is 0.128. The zero-order valence-corrected chi connectivity index (χ0v) is 16.5. The molecule has 0 spiro atoms. The summed E-state index contributed by atoms with van der Waals surface area (Å²) in [5, 5.41) is 10.3. The van der Waals surface area contributed by atoms with Crippen LogP contribution in [0.1, 0.15) is 26.7 Å². The standard InChI is InChI=1S/C19H24F3N5O2/c1-17-6-11(26(3)15-12-4-5-23-14(12)24-10-25-15)7-18(17,2)9-27(8-17)16(29)13(28)19(20,21)22/h4-5,10-11,13,28H,6-9H2,1-3H3,(H,23,24,25)/t11?,13-,17-,18+/m0/s1. The summed E-state index contributed by atoms with van der Waals surface area (Å²) in [5.41, 5.74) is 0.0457. The number of alkyl halides is 3. The normalized spacial score (nSPS) is 30.6. The summed E-state index contributed by atoms with van der Waals surface area (Å²) in [6.07, 6.45) is -3.19. The number of nitrogens with zero attached hydrogens (tertiary/aromatic N) is 4. The Bertz CT molecular complexity index is 927. The summed E-state index contributed by atoms with van der Waals surface area (Å²) in [6, 6.07) is 2.04. The Kier molecular flexibility index (Phi) is 4.34. The van der Waals surface area contributed by atoms with Crippen molar-refractivity contribution in [3.63, 3.8) is 0 Å². The zero-order chi connectivity index (χ0) is 21.2. The number of amides is 1. The fourth-order valence-corrected chi connectivity index (χ4v) is 5.07. The topological polar surface area (TPSA) is 85.4 Å². The number of hydrogen-bond acceptors (Lipinski definition) is 5. The zero-order valence-electron chi connectivity index (χ0n) is 16.5. The quantitative estimate of drug-likeness (QED) is 0.810. The van der Waals surface area contributed by atoms with Crippen molar-refractivity contribution in [3.8, 4) is 0 Å². The minimum Gasteiger partial charge on any atom is -0.376 e. The number of rotatable bonds is 3. The van der Waals surface area contributed by atoms with Gasteiger partial charge in [0.1, 0.15) is 17.8 Å². The van der Waals surface area contributed by atoms with E-state index in [0.717, 1.165) is 16.9 Å². The van der Waals surface area contributed by atoms with Crippen LogP contribution in [0, 0.1) is 10.8 Å². The van der Waals surface area contributed by atoms with Crippen LogP contribution < -0.4 is 4.90 Å². The van der Waals surface area contributed by atoms with Crippen LogP contribution in [-0.2, 0) is 4.79 Å². The molecule has 1 amide bonds. The molecule has 4 rings (SSSR count). The van der Waals surface area contributed by atoms with Gasteiger partial charge < -0.3 is 19.9 Å². The average molecular weight is 411 g/mol. The molecule has 10 heteroatoms. The maximum Gasteiger partial charge on any atom is 0.423 e. The highest BCUT2D eigenvalue weighted by atomic mass is 19.4. The molecule has 4 atom stereocenters. The van der Waals surface area contributed by atoms with E-state index in [-0.39, 0.29) is 30.0 Å². The maximum absolute atomic E-state index is 12.8. The Balaban J connectivity index is 1.54. The van der Waals surface area contributed by atoms with Gasteiger partial charge in [0.15, 0.2) is 0 Å². The van der Waals surface area contributed by atoms with Gasteiger partial charge in [0.2, 0.25) is 6.10 Å². The fourth-order valence-electron chi connectivity index (χ4n) is 5.07. The Labute approximate surface area is 165 Å².